The summed E-state index contributed by atoms with van der Waals surface area (Å²) in [5.41, 5.74) is 1.86. The number of likely N-dealkylation sites (N-methyl/N-ethyl adjacent to an activating group) is 1. The van der Waals surface area contributed by atoms with Crippen molar-refractivity contribution in [1.29, 1.82) is 0 Å². The molecule has 1 amide bonds. The van der Waals surface area contributed by atoms with Crippen LogP contribution < -0.4 is 10.6 Å². The number of unbranched alkanes of at least 4 members (excludes halogenated alkanes) is 1. The topological polar surface area (TPSA) is 60.0 Å². The molecule has 0 atom stereocenters. The van der Waals surface area contributed by atoms with Gasteiger partial charge in [0.25, 0.3) is 0 Å². The highest BCUT2D eigenvalue weighted by molar-refractivity contribution is 5.92. The maximum Gasteiger partial charge on any atom is 0.238 e. The van der Waals surface area contributed by atoms with E-state index in [0.717, 1.165) is 43.1 Å². The van der Waals surface area contributed by atoms with E-state index in [4.69, 9.17) is 4.99 Å². The number of benzene rings is 1. The highest BCUT2D eigenvalue weighted by Gasteiger charge is 2.06. The summed E-state index contributed by atoms with van der Waals surface area (Å²) in [5.74, 6) is 0.865. The lowest BCUT2D eigenvalue weighted by atomic mass is 10.2. The minimum Gasteiger partial charge on any atom is -0.357 e. The zero-order valence-electron chi connectivity index (χ0n) is 16.6. The summed E-state index contributed by atoms with van der Waals surface area (Å²) in [4.78, 5) is 20.6. The number of carbonyl (C=O) groups excluding carboxylic acids is 1. The van der Waals surface area contributed by atoms with Crippen molar-refractivity contribution in [3.8, 4) is 0 Å². The van der Waals surface area contributed by atoms with Crippen molar-refractivity contribution in [1.82, 2.24) is 15.1 Å². The predicted octanol–water partition coefficient (Wildman–Crippen LogP) is 2.55. The van der Waals surface area contributed by atoms with Gasteiger partial charge in [0.1, 0.15) is 0 Å². The van der Waals surface area contributed by atoms with Gasteiger partial charge in [-0.05, 0) is 51.6 Å². The smallest absolute Gasteiger partial charge is 0.238 e. The van der Waals surface area contributed by atoms with Crippen LogP contribution in [0.25, 0.3) is 0 Å². The van der Waals surface area contributed by atoms with Crippen molar-refractivity contribution in [2.75, 3.05) is 46.1 Å². The van der Waals surface area contributed by atoms with Crippen molar-refractivity contribution in [2.45, 2.75) is 26.3 Å². The number of amides is 1. The Kier molecular flexibility index (Phi) is 10.1. The van der Waals surface area contributed by atoms with Crippen LogP contribution in [-0.4, -0.2) is 62.4 Å². The minimum atomic E-state index is -0.0223. The summed E-state index contributed by atoms with van der Waals surface area (Å²) >= 11 is 0. The van der Waals surface area contributed by atoms with Gasteiger partial charge in [0.05, 0.1) is 13.1 Å². The highest BCUT2D eigenvalue weighted by atomic mass is 16.2. The maximum absolute atomic E-state index is 11.9. The molecule has 0 saturated heterocycles. The molecule has 0 aromatic heterocycles. The minimum absolute atomic E-state index is 0.0223. The van der Waals surface area contributed by atoms with Gasteiger partial charge in [-0.3, -0.25) is 4.79 Å². The van der Waals surface area contributed by atoms with Gasteiger partial charge in [0, 0.05) is 25.8 Å². The van der Waals surface area contributed by atoms with Crippen LogP contribution in [0.3, 0.4) is 0 Å². The molecule has 6 heteroatoms. The van der Waals surface area contributed by atoms with Gasteiger partial charge in [-0.25, -0.2) is 4.99 Å². The van der Waals surface area contributed by atoms with E-state index in [-0.39, 0.29) is 5.91 Å². The fourth-order valence-corrected chi connectivity index (χ4v) is 2.45. The first-order valence-electron chi connectivity index (χ1n) is 9.10. The molecule has 0 heterocycles. The molecule has 2 N–H and O–H groups in total. The molecule has 1 aromatic rings. The molecule has 0 unspecified atom stereocenters. The Morgan fingerprint density at radius 2 is 2.08 bits per heavy atom. The van der Waals surface area contributed by atoms with E-state index in [1.807, 2.05) is 56.4 Å². The van der Waals surface area contributed by atoms with Crippen molar-refractivity contribution in [2.24, 2.45) is 4.99 Å². The quantitative estimate of drug-likeness (QED) is 0.292. The number of rotatable bonds is 10. The Morgan fingerprint density at radius 1 is 1.31 bits per heavy atom. The lowest BCUT2D eigenvalue weighted by Gasteiger charge is -2.21. The molecule has 26 heavy (non-hydrogen) atoms. The highest BCUT2D eigenvalue weighted by Crippen LogP contribution is 2.12. The molecule has 1 aromatic carbocycles. The van der Waals surface area contributed by atoms with Crippen LogP contribution in [0.4, 0.5) is 5.69 Å². The third-order valence-electron chi connectivity index (χ3n) is 3.68. The monoisotopic (exact) mass is 359 g/mol. The van der Waals surface area contributed by atoms with E-state index < -0.39 is 0 Å². The van der Waals surface area contributed by atoms with Crippen LogP contribution >= 0.6 is 0 Å². The Bertz CT molecular complexity index is 598. The second-order valence-corrected chi connectivity index (χ2v) is 6.51. The fourth-order valence-electron chi connectivity index (χ4n) is 2.45. The largest absolute Gasteiger partial charge is 0.357 e. The van der Waals surface area contributed by atoms with Crippen LogP contribution in [0.1, 0.15) is 25.3 Å². The molecule has 0 aliphatic heterocycles. The number of aliphatic imine (C=N–C) groups is 1. The zero-order valence-corrected chi connectivity index (χ0v) is 16.6. The van der Waals surface area contributed by atoms with Gasteiger partial charge in [-0.15, -0.1) is 6.58 Å². The van der Waals surface area contributed by atoms with E-state index >= 15 is 0 Å². The first kappa shape index (κ1) is 21.7. The summed E-state index contributed by atoms with van der Waals surface area (Å²) in [5, 5.41) is 6.24. The Morgan fingerprint density at radius 3 is 2.73 bits per heavy atom. The first-order chi connectivity index (χ1) is 12.5. The molecule has 6 nitrogen and oxygen atoms in total. The molecule has 144 valence electrons. The summed E-state index contributed by atoms with van der Waals surface area (Å²) in [6, 6.07) is 7.83. The van der Waals surface area contributed by atoms with Crippen LogP contribution in [0.15, 0.2) is 41.9 Å². The molecule has 0 saturated carbocycles. The molecule has 0 aliphatic rings. The lowest BCUT2D eigenvalue weighted by molar-refractivity contribution is -0.116. The van der Waals surface area contributed by atoms with E-state index in [1.54, 1.807) is 0 Å². The normalized spacial score (nSPS) is 11.3. The molecule has 1 rings (SSSR count). The molecule has 0 fully saturated rings. The van der Waals surface area contributed by atoms with Crippen LogP contribution in [0.5, 0.6) is 0 Å². The van der Waals surface area contributed by atoms with Crippen LogP contribution in [-0.2, 0) is 11.3 Å². The Hall–Kier alpha value is -2.34. The van der Waals surface area contributed by atoms with Crippen molar-refractivity contribution in [3.63, 3.8) is 0 Å². The Balaban J connectivity index is 2.72. The van der Waals surface area contributed by atoms with Crippen molar-refractivity contribution >= 4 is 17.6 Å². The van der Waals surface area contributed by atoms with Gasteiger partial charge in [-0.2, -0.15) is 0 Å². The molecule has 0 bridgehead atoms. The zero-order chi connectivity index (χ0) is 19.4. The van der Waals surface area contributed by atoms with Crippen LogP contribution in [0.2, 0.25) is 0 Å². The third-order valence-corrected chi connectivity index (χ3v) is 3.68. The summed E-state index contributed by atoms with van der Waals surface area (Å²) < 4.78 is 0. The molecular weight excluding hydrogens is 326 g/mol. The second kappa shape index (κ2) is 12.1. The maximum atomic E-state index is 11.9. The standard InChI is InChI=1S/C20H33N5O/c1-6-8-9-13-25(5)20(21-7-2)22-15-17-11-10-12-18(14-17)23-19(26)16-24(3)4/h6,10-12,14H,1,7-9,13,15-16H2,2-5H3,(H,21,22)(H,23,26). The number of nitrogens with zero attached hydrogens (tertiary/aromatic N) is 3. The van der Waals surface area contributed by atoms with E-state index in [9.17, 15) is 4.79 Å². The third kappa shape index (κ3) is 8.67. The van der Waals surface area contributed by atoms with Crippen LogP contribution in [0, 0.1) is 0 Å². The number of carbonyl (C=O) groups is 1. The summed E-state index contributed by atoms with van der Waals surface area (Å²) in [7, 11) is 5.79. The first-order valence-corrected chi connectivity index (χ1v) is 9.10. The number of anilines is 1. The summed E-state index contributed by atoms with van der Waals surface area (Å²) in [6.45, 7) is 8.50. The molecule has 0 spiro atoms. The van der Waals surface area contributed by atoms with Gasteiger partial charge in [0.2, 0.25) is 5.91 Å². The fraction of sp³-hybridized carbons (Fsp3) is 0.500. The van der Waals surface area contributed by atoms with E-state index in [2.05, 4.69) is 29.0 Å². The van der Waals surface area contributed by atoms with E-state index in [1.165, 1.54) is 0 Å². The van der Waals surface area contributed by atoms with Gasteiger partial charge < -0.3 is 20.4 Å². The SMILES string of the molecule is C=CCCCN(C)C(=NCc1cccc(NC(=O)CN(C)C)c1)NCC. The molecular formula is C20H33N5O. The number of allylic oxidation sites excluding steroid dienone is 1. The number of hydrogen-bond donors (Lipinski definition) is 2. The average Bonchev–Trinajstić information content (AvgIpc) is 2.58. The number of guanidine groups is 1. The van der Waals surface area contributed by atoms with E-state index in [0.29, 0.717) is 13.1 Å². The van der Waals surface area contributed by atoms with Gasteiger partial charge >= 0.3 is 0 Å². The number of hydrogen-bond acceptors (Lipinski definition) is 3. The lowest BCUT2D eigenvalue weighted by Crippen LogP contribution is -2.39. The summed E-state index contributed by atoms with van der Waals surface area (Å²) in [6.07, 6.45) is 3.99. The number of nitrogens with one attached hydrogen (secondary N) is 2. The molecule has 0 radical (unpaired) electrons. The predicted molar refractivity (Wildman–Crippen MR) is 111 cm³/mol. The van der Waals surface area contributed by atoms with Crippen molar-refractivity contribution in [3.05, 3.63) is 42.5 Å². The second-order valence-electron chi connectivity index (χ2n) is 6.51. The van der Waals surface area contributed by atoms with Gasteiger partial charge in [-0.1, -0.05) is 18.2 Å². The van der Waals surface area contributed by atoms with Crippen molar-refractivity contribution < 1.29 is 4.79 Å². The molecule has 0 aliphatic carbocycles. The van der Waals surface area contributed by atoms with Gasteiger partial charge in [0.15, 0.2) is 5.96 Å². The Labute approximate surface area is 158 Å². The average molecular weight is 360 g/mol.